The minimum absolute atomic E-state index is 0.324. The fraction of sp³-hybridized carbons (Fsp3) is 0.312. The second kappa shape index (κ2) is 9.39. The molecule has 0 atom stereocenters. The molecule has 0 aliphatic carbocycles. The Labute approximate surface area is 154 Å². The molecule has 6 nitrogen and oxygen atoms in total. The number of carbonyl (C=O) groups excluding carboxylic acids is 1. The first kappa shape index (κ1) is 18.4. The predicted molar refractivity (Wildman–Crippen MR) is 101 cm³/mol. The van der Waals surface area contributed by atoms with E-state index in [4.69, 9.17) is 17.0 Å². The number of nitrogens with one attached hydrogen (secondary N) is 2. The van der Waals surface area contributed by atoms with Crippen molar-refractivity contribution in [3.63, 3.8) is 0 Å². The summed E-state index contributed by atoms with van der Waals surface area (Å²) in [7, 11) is 0. The Bertz CT molecular complexity index is 688. The van der Waals surface area contributed by atoms with Gasteiger partial charge in [-0.05, 0) is 65.8 Å². The fourth-order valence-electron chi connectivity index (χ4n) is 1.98. The number of thiocarbonyl (C=S) groups is 1. The normalized spacial score (nSPS) is 10.2. The van der Waals surface area contributed by atoms with Gasteiger partial charge in [-0.15, -0.1) is 0 Å². The van der Waals surface area contributed by atoms with Crippen LogP contribution in [-0.2, 0) is 11.3 Å². The summed E-state index contributed by atoms with van der Waals surface area (Å²) in [6.07, 6.45) is 4.60. The van der Waals surface area contributed by atoms with Crippen molar-refractivity contribution in [2.24, 2.45) is 0 Å². The Hall–Kier alpha value is -1.93. The molecule has 1 heterocycles. The predicted octanol–water partition coefficient (Wildman–Crippen LogP) is 3.20. The van der Waals surface area contributed by atoms with Gasteiger partial charge in [-0.1, -0.05) is 0 Å². The monoisotopic (exact) mass is 410 g/mol. The molecule has 2 N–H and O–H groups in total. The zero-order chi connectivity index (χ0) is 17.4. The van der Waals surface area contributed by atoms with E-state index in [0.29, 0.717) is 17.3 Å². The number of carbonyl (C=O) groups is 1. The number of nitrogens with zero attached hydrogens (tertiary/aromatic N) is 2. The molecule has 8 heteroatoms. The van der Waals surface area contributed by atoms with Crippen LogP contribution in [0, 0.1) is 0 Å². The number of ether oxygens (including phenoxy) is 1. The van der Waals surface area contributed by atoms with E-state index in [0.717, 1.165) is 29.7 Å². The first-order chi connectivity index (χ1) is 11.6. The summed E-state index contributed by atoms with van der Waals surface area (Å²) >= 11 is 8.62. The molecule has 0 aliphatic heterocycles. The van der Waals surface area contributed by atoms with E-state index < -0.39 is 0 Å². The van der Waals surface area contributed by atoms with Crippen LogP contribution in [-0.4, -0.2) is 34.0 Å². The zero-order valence-corrected chi connectivity index (χ0v) is 15.7. The van der Waals surface area contributed by atoms with Crippen LogP contribution in [0.5, 0.6) is 0 Å². The number of rotatable bonds is 7. The molecular formula is C16H19BrN4O2S. The van der Waals surface area contributed by atoms with Crippen LogP contribution in [0.1, 0.15) is 23.7 Å². The van der Waals surface area contributed by atoms with Crippen LogP contribution in [0.25, 0.3) is 0 Å². The maximum absolute atomic E-state index is 11.6. The Kier molecular flexibility index (Phi) is 7.20. The summed E-state index contributed by atoms with van der Waals surface area (Å²) in [6, 6.07) is 7.00. The Morgan fingerprint density at radius 2 is 2.12 bits per heavy atom. The second-order valence-corrected chi connectivity index (χ2v) is 6.28. The number of anilines is 1. The van der Waals surface area contributed by atoms with Crippen LogP contribution in [0.2, 0.25) is 0 Å². The number of hydrogen-bond donors (Lipinski definition) is 2. The van der Waals surface area contributed by atoms with E-state index in [1.165, 1.54) is 0 Å². The first-order valence-electron chi connectivity index (χ1n) is 7.58. The van der Waals surface area contributed by atoms with Gasteiger partial charge in [0.15, 0.2) is 5.11 Å². The molecule has 1 aromatic heterocycles. The smallest absolute Gasteiger partial charge is 0.338 e. The maximum atomic E-state index is 11.6. The molecule has 0 saturated carbocycles. The fourth-order valence-corrected chi connectivity index (χ4v) is 2.53. The Morgan fingerprint density at radius 1 is 1.38 bits per heavy atom. The molecule has 1 aromatic carbocycles. The summed E-state index contributed by atoms with van der Waals surface area (Å²) in [5, 5.41) is 11.0. The molecule has 0 fully saturated rings. The lowest BCUT2D eigenvalue weighted by Gasteiger charge is -2.11. The third kappa shape index (κ3) is 5.93. The number of hydrogen-bond acceptors (Lipinski definition) is 4. The van der Waals surface area contributed by atoms with Crippen LogP contribution in [0.15, 0.2) is 41.1 Å². The molecular weight excluding hydrogens is 392 g/mol. The third-order valence-electron chi connectivity index (χ3n) is 3.11. The van der Waals surface area contributed by atoms with Gasteiger partial charge in [-0.3, -0.25) is 4.68 Å². The molecule has 0 bridgehead atoms. The van der Waals surface area contributed by atoms with Gasteiger partial charge in [-0.25, -0.2) is 4.79 Å². The van der Waals surface area contributed by atoms with Gasteiger partial charge in [0.25, 0.3) is 0 Å². The van der Waals surface area contributed by atoms with Crippen molar-refractivity contribution in [2.75, 3.05) is 18.5 Å². The van der Waals surface area contributed by atoms with Crippen LogP contribution in [0.3, 0.4) is 0 Å². The first-order valence-corrected chi connectivity index (χ1v) is 8.78. The molecule has 0 unspecified atom stereocenters. The third-order valence-corrected chi connectivity index (χ3v) is 3.76. The molecule has 128 valence electrons. The lowest BCUT2D eigenvalue weighted by molar-refractivity contribution is 0.0526. The highest BCUT2D eigenvalue weighted by Crippen LogP contribution is 2.10. The Morgan fingerprint density at radius 3 is 2.75 bits per heavy atom. The molecule has 0 saturated heterocycles. The van der Waals surface area contributed by atoms with Crippen molar-refractivity contribution in [2.45, 2.75) is 19.9 Å². The maximum Gasteiger partial charge on any atom is 0.338 e. The summed E-state index contributed by atoms with van der Waals surface area (Å²) in [5.74, 6) is -0.324. The van der Waals surface area contributed by atoms with Gasteiger partial charge in [0.05, 0.1) is 22.8 Å². The van der Waals surface area contributed by atoms with E-state index >= 15 is 0 Å². The summed E-state index contributed by atoms with van der Waals surface area (Å²) in [5.41, 5.74) is 1.34. The number of esters is 1. The zero-order valence-electron chi connectivity index (χ0n) is 13.3. The molecule has 0 aliphatic rings. The van der Waals surface area contributed by atoms with Gasteiger partial charge >= 0.3 is 5.97 Å². The van der Waals surface area contributed by atoms with Gasteiger partial charge < -0.3 is 15.4 Å². The van der Waals surface area contributed by atoms with Crippen molar-refractivity contribution in [3.05, 3.63) is 46.7 Å². The van der Waals surface area contributed by atoms with E-state index in [1.807, 2.05) is 10.9 Å². The Balaban J connectivity index is 1.71. The van der Waals surface area contributed by atoms with Crippen LogP contribution < -0.4 is 10.6 Å². The highest BCUT2D eigenvalue weighted by molar-refractivity contribution is 9.10. The number of aromatic nitrogens is 2. The highest BCUT2D eigenvalue weighted by atomic mass is 79.9. The molecule has 24 heavy (non-hydrogen) atoms. The van der Waals surface area contributed by atoms with Crippen LogP contribution >= 0.6 is 28.1 Å². The number of aryl methyl sites for hydroxylation is 1. The highest BCUT2D eigenvalue weighted by Gasteiger charge is 2.06. The molecule has 2 rings (SSSR count). The van der Waals surface area contributed by atoms with Crippen molar-refractivity contribution in [1.82, 2.24) is 15.1 Å². The quantitative estimate of drug-likeness (QED) is 0.415. The largest absolute Gasteiger partial charge is 0.462 e. The van der Waals surface area contributed by atoms with Gasteiger partial charge in [0.2, 0.25) is 0 Å². The van der Waals surface area contributed by atoms with E-state index in [2.05, 4.69) is 31.7 Å². The average Bonchev–Trinajstić information content (AvgIpc) is 2.98. The lowest BCUT2D eigenvalue weighted by atomic mass is 10.2. The van der Waals surface area contributed by atoms with Crippen molar-refractivity contribution in [1.29, 1.82) is 0 Å². The summed E-state index contributed by atoms with van der Waals surface area (Å²) in [6.45, 7) is 3.70. The van der Waals surface area contributed by atoms with E-state index in [-0.39, 0.29) is 5.97 Å². The minimum atomic E-state index is -0.324. The minimum Gasteiger partial charge on any atom is -0.462 e. The average molecular weight is 411 g/mol. The molecule has 0 spiro atoms. The van der Waals surface area contributed by atoms with Crippen molar-refractivity contribution in [3.8, 4) is 0 Å². The summed E-state index contributed by atoms with van der Waals surface area (Å²) < 4.78 is 7.79. The second-order valence-electron chi connectivity index (χ2n) is 4.95. The summed E-state index contributed by atoms with van der Waals surface area (Å²) in [4.78, 5) is 11.6. The van der Waals surface area contributed by atoms with Gasteiger partial charge in [-0.2, -0.15) is 5.10 Å². The van der Waals surface area contributed by atoms with E-state index in [9.17, 15) is 4.79 Å². The molecule has 0 amide bonds. The number of benzene rings is 1. The van der Waals surface area contributed by atoms with Gasteiger partial charge in [0, 0.05) is 25.0 Å². The van der Waals surface area contributed by atoms with Crippen LogP contribution in [0.4, 0.5) is 5.69 Å². The van der Waals surface area contributed by atoms with E-state index in [1.54, 1.807) is 37.4 Å². The lowest BCUT2D eigenvalue weighted by Crippen LogP contribution is -2.29. The van der Waals surface area contributed by atoms with Gasteiger partial charge in [0.1, 0.15) is 0 Å². The molecule has 0 radical (unpaired) electrons. The van der Waals surface area contributed by atoms with Crippen molar-refractivity contribution >= 4 is 44.9 Å². The number of halogens is 1. The molecule has 2 aromatic rings. The van der Waals surface area contributed by atoms with Crippen molar-refractivity contribution < 1.29 is 9.53 Å². The standard InChI is InChI=1S/C16H19BrN4O2S/c1-2-23-15(22)12-4-6-14(7-5-12)20-16(24)18-8-3-9-21-11-13(17)10-19-21/h4-7,10-11H,2-3,8-9H2,1H3,(H2,18,20,24). The SMILES string of the molecule is CCOC(=O)c1ccc(NC(=S)NCCCn2cc(Br)cn2)cc1. The topological polar surface area (TPSA) is 68.2 Å².